The van der Waals surface area contributed by atoms with Crippen molar-refractivity contribution in [2.45, 2.75) is 45.2 Å². The lowest BCUT2D eigenvalue weighted by atomic mass is 9.93. The highest BCUT2D eigenvalue weighted by Gasteiger charge is 2.58. The molecule has 2 heterocycles. The molecule has 2 saturated heterocycles. The van der Waals surface area contributed by atoms with E-state index in [0.717, 1.165) is 29.7 Å². The first-order chi connectivity index (χ1) is 10.5. The van der Waals surface area contributed by atoms with Gasteiger partial charge in [-0.05, 0) is 37.8 Å². The third-order valence-electron chi connectivity index (χ3n) is 4.95. The van der Waals surface area contributed by atoms with Crippen LogP contribution in [0.2, 0.25) is 0 Å². The molecule has 22 heavy (non-hydrogen) atoms. The van der Waals surface area contributed by atoms with Crippen LogP contribution in [0.3, 0.4) is 0 Å². The fourth-order valence-electron chi connectivity index (χ4n) is 3.67. The van der Waals surface area contributed by atoms with Crippen molar-refractivity contribution in [3.05, 3.63) is 29.3 Å². The minimum Gasteiger partial charge on any atom is -0.496 e. The SMILES string of the molecule is CC[C@@]12CCCN1C(=O)N(Cc1ccc(C)cc1OC)C2=O. The fraction of sp³-hybridized carbons (Fsp3) is 0.529. The van der Waals surface area contributed by atoms with Gasteiger partial charge in [-0.15, -0.1) is 0 Å². The van der Waals surface area contributed by atoms with Gasteiger partial charge in [0.05, 0.1) is 13.7 Å². The maximum absolute atomic E-state index is 12.8. The number of carbonyl (C=O) groups excluding carboxylic acids is 2. The quantitative estimate of drug-likeness (QED) is 0.804. The summed E-state index contributed by atoms with van der Waals surface area (Å²) in [6.07, 6.45) is 2.36. The van der Waals surface area contributed by atoms with Crippen LogP contribution >= 0.6 is 0 Å². The molecule has 2 aliphatic rings. The van der Waals surface area contributed by atoms with E-state index >= 15 is 0 Å². The highest BCUT2D eigenvalue weighted by Crippen LogP contribution is 2.41. The van der Waals surface area contributed by atoms with E-state index in [1.807, 2.05) is 32.0 Å². The van der Waals surface area contributed by atoms with Crippen molar-refractivity contribution in [1.82, 2.24) is 9.80 Å². The summed E-state index contributed by atoms with van der Waals surface area (Å²) < 4.78 is 5.39. The number of urea groups is 1. The molecule has 5 heteroatoms. The molecule has 0 N–H and O–H groups in total. The van der Waals surface area contributed by atoms with Crippen LogP contribution in [-0.2, 0) is 11.3 Å². The summed E-state index contributed by atoms with van der Waals surface area (Å²) in [7, 11) is 1.61. The van der Waals surface area contributed by atoms with Crippen molar-refractivity contribution in [2.24, 2.45) is 0 Å². The molecular formula is C17H22N2O3. The molecule has 0 bridgehead atoms. The Kier molecular flexibility index (Phi) is 3.59. The highest BCUT2D eigenvalue weighted by atomic mass is 16.5. The first kappa shape index (κ1) is 14.9. The number of hydrogen-bond donors (Lipinski definition) is 0. The molecule has 5 nitrogen and oxygen atoms in total. The van der Waals surface area contributed by atoms with Crippen molar-refractivity contribution in [3.8, 4) is 5.75 Å². The zero-order valence-electron chi connectivity index (χ0n) is 13.4. The number of imide groups is 1. The fourth-order valence-corrected chi connectivity index (χ4v) is 3.67. The third kappa shape index (κ3) is 1.99. The van der Waals surface area contributed by atoms with E-state index in [2.05, 4.69) is 0 Å². The lowest BCUT2D eigenvalue weighted by Crippen LogP contribution is -2.44. The number of amides is 3. The lowest BCUT2D eigenvalue weighted by molar-refractivity contribution is -0.133. The monoisotopic (exact) mass is 302 g/mol. The Balaban J connectivity index is 1.91. The van der Waals surface area contributed by atoms with Gasteiger partial charge in [0.15, 0.2) is 0 Å². The van der Waals surface area contributed by atoms with E-state index in [9.17, 15) is 9.59 Å². The smallest absolute Gasteiger partial charge is 0.327 e. The van der Waals surface area contributed by atoms with Crippen LogP contribution in [0, 0.1) is 6.92 Å². The van der Waals surface area contributed by atoms with Crippen LogP contribution in [0.4, 0.5) is 4.79 Å². The minimum absolute atomic E-state index is 0.0554. The number of methoxy groups -OCH3 is 1. The molecule has 0 spiro atoms. The molecule has 1 aromatic carbocycles. The molecule has 0 unspecified atom stereocenters. The zero-order chi connectivity index (χ0) is 15.9. The van der Waals surface area contributed by atoms with Gasteiger partial charge in [0.25, 0.3) is 5.91 Å². The highest BCUT2D eigenvalue weighted by molar-refractivity contribution is 6.07. The van der Waals surface area contributed by atoms with Crippen LogP contribution in [0.25, 0.3) is 0 Å². The average molecular weight is 302 g/mol. The van der Waals surface area contributed by atoms with Crippen molar-refractivity contribution >= 4 is 11.9 Å². The van der Waals surface area contributed by atoms with Gasteiger partial charge < -0.3 is 9.64 Å². The molecule has 1 aromatic rings. The minimum atomic E-state index is -0.602. The van der Waals surface area contributed by atoms with E-state index < -0.39 is 5.54 Å². The van der Waals surface area contributed by atoms with Gasteiger partial charge in [0.1, 0.15) is 11.3 Å². The summed E-state index contributed by atoms with van der Waals surface area (Å²) in [5, 5.41) is 0. The topological polar surface area (TPSA) is 49.9 Å². The number of nitrogens with zero attached hydrogens (tertiary/aromatic N) is 2. The van der Waals surface area contributed by atoms with Crippen molar-refractivity contribution < 1.29 is 14.3 Å². The molecule has 0 aliphatic carbocycles. The summed E-state index contributed by atoms with van der Waals surface area (Å²) in [4.78, 5) is 28.6. The molecule has 2 aliphatic heterocycles. The normalized spacial score (nSPS) is 24.1. The summed E-state index contributed by atoms with van der Waals surface area (Å²) in [5.41, 5.74) is 1.35. The second-order valence-corrected chi connectivity index (χ2v) is 6.13. The van der Waals surface area contributed by atoms with Crippen LogP contribution < -0.4 is 4.74 Å². The molecule has 3 rings (SSSR count). The second-order valence-electron chi connectivity index (χ2n) is 6.13. The molecule has 0 aromatic heterocycles. The number of fused-ring (bicyclic) bond motifs is 1. The molecule has 118 valence electrons. The van der Waals surface area contributed by atoms with Gasteiger partial charge >= 0.3 is 6.03 Å². The summed E-state index contributed by atoms with van der Waals surface area (Å²) in [5.74, 6) is 0.665. The van der Waals surface area contributed by atoms with Gasteiger partial charge in [-0.2, -0.15) is 0 Å². The standard InChI is InChI=1S/C17H22N2O3/c1-4-17-8-5-9-19(17)16(21)18(15(17)20)11-13-7-6-12(2)10-14(13)22-3/h6-7,10H,4-5,8-9,11H2,1-3H3/t17-/m0/s1. The number of hydrogen-bond acceptors (Lipinski definition) is 3. The molecule has 2 fully saturated rings. The van der Waals surface area contributed by atoms with E-state index in [1.54, 1.807) is 12.0 Å². The summed E-state index contributed by atoms with van der Waals surface area (Å²) >= 11 is 0. The number of aryl methyl sites for hydroxylation is 1. The number of rotatable bonds is 4. The van der Waals surface area contributed by atoms with Crippen molar-refractivity contribution in [3.63, 3.8) is 0 Å². The maximum atomic E-state index is 12.8. The van der Waals surface area contributed by atoms with Crippen molar-refractivity contribution in [2.75, 3.05) is 13.7 Å². The molecule has 0 saturated carbocycles. The van der Waals surface area contributed by atoms with E-state index in [4.69, 9.17) is 4.74 Å². The predicted molar refractivity (Wildman–Crippen MR) is 82.6 cm³/mol. The zero-order valence-corrected chi connectivity index (χ0v) is 13.4. The Labute approximate surface area is 130 Å². The Hall–Kier alpha value is -2.04. The number of carbonyl (C=O) groups is 2. The van der Waals surface area contributed by atoms with Gasteiger partial charge in [-0.1, -0.05) is 19.1 Å². The third-order valence-corrected chi connectivity index (χ3v) is 4.95. The van der Waals surface area contributed by atoms with Crippen LogP contribution in [0.1, 0.15) is 37.3 Å². The average Bonchev–Trinajstić information content (AvgIpc) is 3.03. The van der Waals surface area contributed by atoms with Crippen LogP contribution in [-0.4, -0.2) is 40.9 Å². The Morgan fingerprint density at radius 3 is 2.73 bits per heavy atom. The summed E-state index contributed by atoms with van der Waals surface area (Å²) in [6, 6.07) is 5.67. The van der Waals surface area contributed by atoms with E-state index in [-0.39, 0.29) is 18.5 Å². The molecule has 1 atom stereocenters. The van der Waals surface area contributed by atoms with E-state index in [1.165, 1.54) is 4.90 Å². The van der Waals surface area contributed by atoms with Gasteiger partial charge in [-0.3, -0.25) is 9.69 Å². The predicted octanol–water partition coefficient (Wildman–Crippen LogP) is 2.71. The molecule has 3 amide bonds. The maximum Gasteiger partial charge on any atom is 0.327 e. The van der Waals surface area contributed by atoms with Crippen LogP contribution in [0.5, 0.6) is 5.75 Å². The molecular weight excluding hydrogens is 280 g/mol. The van der Waals surface area contributed by atoms with Gasteiger partial charge in [0.2, 0.25) is 0 Å². The van der Waals surface area contributed by atoms with Crippen molar-refractivity contribution in [1.29, 1.82) is 0 Å². The van der Waals surface area contributed by atoms with Gasteiger partial charge in [-0.25, -0.2) is 4.79 Å². The Morgan fingerprint density at radius 2 is 2.09 bits per heavy atom. The molecule has 0 radical (unpaired) electrons. The first-order valence-electron chi connectivity index (χ1n) is 7.80. The number of ether oxygens (including phenoxy) is 1. The van der Waals surface area contributed by atoms with Crippen LogP contribution in [0.15, 0.2) is 18.2 Å². The lowest BCUT2D eigenvalue weighted by Gasteiger charge is -2.26. The Bertz CT molecular complexity index is 628. The second kappa shape index (κ2) is 5.30. The van der Waals surface area contributed by atoms with E-state index in [0.29, 0.717) is 13.0 Å². The Morgan fingerprint density at radius 1 is 1.32 bits per heavy atom. The van der Waals surface area contributed by atoms with Gasteiger partial charge in [0, 0.05) is 12.1 Å². The summed E-state index contributed by atoms with van der Waals surface area (Å²) in [6.45, 7) is 4.93. The first-order valence-corrected chi connectivity index (χ1v) is 7.80. The largest absolute Gasteiger partial charge is 0.496 e. The number of benzene rings is 1.